The molecule has 3 rings (SSSR count). The molecule has 0 saturated carbocycles. The summed E-state index contributed by atoms with van der Waals surface area (Å²) in [5.74, 6) is -3.79. The number of hydrogen-bond acceptors (Lipinski definition) is 5. The van der Waals surface area contributed by atoms with Gasteiger partial charge in [0.1, 0.15) is 6.10 Å². The van der Waals surface area contributed by atoms with Crippen LogP contribution in [0.2, 0.25) is 0 Å². The van der Waals surface area contributed by atoms with Gasteiger partial charge in [-0.1, -0.05) is 6.07 Å². The molecule has 0 amide bonds. The molecule has 1 heterocycles. The average Bonchev–Trinajstić information content (AvgIpc) is 3.06. The summed E-state index contributed by atoms with van der Waals surface area (Å²) >= 11 is 0. The van der Waals surface area contributed by atoms with Crippen LogP contribution in [0.5, 0.6) is 0 Å². The van der Waals surface area contributed by atoms with Crippen LogP contribution >= 0.6 is 0 Å². The molecule has 0 radical (unpaired) electrons. The number of hydrogen-bond donors (Lipinski definition) is 1. The van der Waals surface area contributed by atoms with Crippen molar-refractivity contribution < 1.29 is 35.5 Å². The average molecular weight is 383 g/mol. The Balaban J connectivity index is 2.21. The standard InChI is InChI=1S/C13H10F5N3O3S/c14-12(15)5-8-7(6-21-19-3-4-20-21)1-2-9(10(8)11(12)22)25(23,24)13(16,17)18/h1-4,11,22H,5-6H2/t11-/m0/s1. The maximum atomic E-state index is 13.9. The molecule has 1 aromatic carbocycles. The van der Waals surface area contributed by atoms with Crippen molar-refractivity contribution in [2.45, 2.75) is 35.4 Å². The number of sulfone groups is 1. The van der Waals surface area contributed by atoms with Gasteiger partial charge in [0.15, 0.2) is 0 Å². The maximum absolute atomic E-state index is 13.9. The molecule has 136 valence electrons. The number of nitrogens with zero attached hydrogens (tertiary/aromatic N) is 3. The lowest BCUT2D eigenvalue weighted by Gasteiger charge is -2.17. The highest BCUT2D eigenvalue weighted by Crippen LogP contribution is 2.48. The first-order valence-electron chi connectivity index (χ1n) is 6.81. The second-order valence-corrected chi connectivity index (χ2v) is 7.37. The topological polar surface area (TPSA) is 85.1 Å². The van der Waals surface area contributed by atoms with Crippen LogP contribution in [0.3, 0.4) is 0 Å². The van der Waals surface area contributed by atoms with Crippen LogP contribution in [0.25, 0.3) is 0 Å². The zero-order valence-corrected chi connectivity index (χ0v) is 13.0. The van der Waals surface area contributed by atoms with Gasteiger partial charge < -0.3 is 5.11 Å². The zero-order valence-electron chi connectivity index (χ0n) is 12.2. The van der Waals surface area contributed by atoms with E-state index in [0.29, 0.717) is 6.07 Å². The fourth-order valence-electron chi connectivity index (χ4n) is 2.72. The molecule has 1 atom stereocenters. The summed E-state index contributed by atoms with van der Waals surface area (Å²) in [6, 6.07) is 1.57. The van der Waals surface area contributed by atoms with Crippen molar-refractivity contribution in [3.05, 3.63) is 41.2 Å². The summed E-state index contributed by atoms with van der Waals surface area (Å²) in [5.41, 5.74) is -6.85. The van der Waals surface area contributed by atoms with Crippen LogP contribution in [0.1, 0.15) is 22.8 Å². The van der Waals surface area contributed by atoms with Crippen molar-refractivity contribution in [2.75, 3.05) is 0 Å². The van der Waals surface area contributed by atoms with E-state index in [4.69, 9.17) is 0 Å². The second-order valence-electron chi connectivity index (χ2n) is 5.46. The van der Waals surface area contributed by atoms with E-state index in [0.717, 1.165) is 10.9 Å². The van der Waals surface area contributed by atoms with Crippen LogP contribution in [-0.4, -0.2) is 39.9 Å². The molecule has 0 saturated heterocycles. The quantitative estimate of drug-likeness (QED) is 0.818. The Morgan fingerprint density at radius 3 is 2.40 bits per heavy atom. The Hall–Kier alpha value is -2.08. The van der Waals surface area contributed by atoms with Gasteiger partial charge in [-0.2, -0.15) is 28.2 Å². The third-order valence-corrected chi connectivity index (χ3v) is 5.42. The van der Waals surface area contributed by atoms with E-state index in [1.165, 1.54) is 12.4 Å². The fraction of sp³-hybridized carbons (Fsp3) is 0.385. The number of rotatable bonds is 3. The van der Waals surface area contributed by atoms with Crippen LogP contribution in [-0.2, 0) is 22.8 Å². The SMILES string of the molecule is O=S(=O)(c1ccc(Cn2nccn2)c2c1[C@H](O)C(F)(F)C2)C(F)(F)F. The number of aliphatic hydroxyl groups is 1. The number of aromatic nitrogens is 3. The lowest BCUT2D eigenvalue weighted by molar-refractivity contribution is -0.0978. The number of alkyl halides is 5. The summed E-state index contributed by atoms with van der Waals surface area (Å²) < 4.78 is 89.6. The third-order valence-electron chi connectivity index (χ3n) is 3.87. The molecule has 0 aliphatic heterocycles. The number of fused-ring (bicyclic) bond motifs is 1. The third kappa shape index (κ3) is 2.78. The number of halogens is 5. The Morgan fingerprint density at radius 1 is 1.24 bits per heavy atom. The monoisotopic (exact) mass is 383 g/mol. The highest BCUT2D eigenvalue weighted by atomic mass is 32.2. The molecule has 6 nitrogen and oxygen atoms in total. The molecule has 2 aromatic rings. The predicted octanol–water partition coefficient (Wildman–Crippen LogP) is 1.84. The van der Waals surface area contributed by atoms with Gasteiger partial charge in [0, 0.05) is 12.0 Å². The van der Waals surface area contributed by atoms with Crippen LogP contribution in [0.15, 0.2) is 29.4 Å². The summed E-state index contributed by atoms with van der Waals surface area (Å²) in [4.78, 5) is -0.270. The molecule has 0 unspecified atom stereocenters. The second kappa shape index (κ2) is 5.46. The van der Waals surface area contributed by atoms with Gasteiger partial charge in [0.2, 0.25) is 0 Å². The van der Waals surface area contributed by atoms with Crippen LogP contribution in [0.4, 0.5) is 22.0 Å². The van der Waals surface area contributed by atoms with E-state index >= 15 is 0 Å². The molecule has 0 spiro atoms. The Kier molecular flexibility index (Phi) is 3.87. The molecule has 1 aliphatic rings. The lowest BCUT2D eigenvalue weighted by atomic mass is 10.0. The van der Waals surface area contributed by atoms with E-state index in [1.807, 2.05) is 0 Å². The van der Waals surface area contributed by atoms with E-state index in [2.05, 4.69) is 10.2 Å². The minimum absolute atomic E-state index is 0.101. The van der Waals surface area contributed by atoms with Crippen molar-refractivity contribution in [2.24, 2.45) is 0 Å². The molecule has 1 N–H and O–H groups in total. The number of aliphatic hydroxyl groups excluding tert-OH is 1. The van der Waals surface area contributed by atoms with E-state index in [-0.39, 0.29) is 17.7 Å². The van der Waals surface area contributed by atoms with Crippen molar-refractivity contribution in [1.29, 1.82) is 0 Å². The van der Waals surface area contributed by atoms with Crippen molar-refractivity contribution in [1.82, 2.24) is 15.0 Å². The van der Waals surface area contributed by atoms with Gasteiger partial charge in [-0.15, -0.1) is 0 Å². The van der Waals surface area contributed by atoms with E-state index < -0.39 is 44.3 Å². The van der Waals surface area contributed by atoms with Gasteiger partial charge in [-0.05, 0) is 17.2 Å². The van der Waals surface area contributed by atoms with Crippen molar-refractivity contribution in [3.8, 4) is 0 Å². The van der Waals surface area contributed by atoms with E-state index in [9.17, 15) is 35.5 Å². The molecular weight excluding hydrogens is 373 g/mol. The van der Waals surface area contributed by atoms with Gasteiger partial charge in [0.05, 0.1) is 23.8 Å². The van der Waals surface area contributed by atoms with Crippen molar-refractivity contribution in [3.63, 3.8) is 0 Å². The molecule has 12 heteroatoms. The number of benzene rings is 1. The normalized spacial score (nSPS) is 19.8. The maximum Gasteiger partial charge on any atom is 0.501 e. The summed E-state index contributed by atoms with van der Waals surface area (Å²) in [7, 11) is -5.89. The molecule has 1 aliphatic carbocycles. The summed E-state index contributed by atoms with van der Waals surface area (Å²) in [6.07, 6.45) is -1.11. The van der Waals surface area contributed by atoms with Crippen LogP contribution in [0, 0.1) is 0 Å². The lowest BCUT2D eigenvalue weighted by Crippen LogP contribution is -2.26. The van der Waals surface area contributed by atoms with E-state index in [1.54, 1.807) is 0 Å². The van der Waals surface area contributed by atoms with Gasteiger partial charge in [0.25, 0.3) is 15.8 Å². The minimum atomic E-state index is -5.89. The molecule has 0 bridgehead atoms. The highest BCUT2D eigenvalue weighted by molar-refractivity contribution is 7.92. The highest BCUT2D eigenvalue weighted by Gasteiger charge is 2.54. The smallest absolute Gasteiger partial charge is 0.382 e. The molecule has 1 aromatic heterocycles. The Labute approximate surface area is 137 Å². The predicted molar refractivity (Wildman–Crippen MR) is 72.4 cm³/mol. The van der Waals surface area contributed by atoms with Gasteiger partial charge in [-0.3, -0.25) is 0 Å². The minimum Gasteiger partial charge on any atom is -0.382 e. The van der Waals surface area contributed by atoms with Crippen molar-refractivity contribution >= 4 is 9.84 Å². The zero-order chi connectivity index (χ0) is 18.6. The van der Waals surface area contributed by atoms with Gasteiger partial charge >= 0.3 is 5.51 Å². The Bertz CT molecular complexity index is 910. The first-order valence-corrected chi connectivity index (χ1v) is 8.29. The Morgan fingerprint density at radius 2 is 1.84 bits per heavy atom. The fourth-order valence-corrected chi connectivity index (χ4v) is 3.75. The first-order chi connectivity index (χ1) is 11.4. The first kappa shape index (κ1) is 17.7. The van der Waals surface area contributed by atoms with Crippen LogP contribution < -0.4 is 0 Å². The largest absolute Gasteiger partial charge is 0.501 e. The summed E-state index contributed by atoms with van der Waals surface area (Å²) in [5, 5.41) is 17.3. The molecule has 25 heavy (non-hydrogen) atoms. The summed E-state index contributed by atoms with van der Waals surface area (Å²) in [6.45, 7) is -0.162. The van der Waals surface area contributed by atoms with Gasteiger partial charge in [-0.25, -0.2) is 17.2 Å². The molecule has 0 fully saturated rings. The molecular formula is C13H10F5N3O3S.